The number of benzene rings is 2. The lowest BCUT2D eigenvalue weighted by atomic mass is 10.0. The normalized spacial score (nSPS) is 13.2. The van der Waals surface area contributed by atoms with Gasteiger partial charge in [0.15, 0.2) is 5.78 Å². The maximum Gasteiger partial charge on any atom is 0.159 e. The van der Waals surface area contributed by atoms with Crippen molar-refractivity contribution in [2.24, 2.45) is 4.99 Å². The van der Waals surface area contributed by atoms with Crippen LogP contribution in [0, 0.1) is 5.82 Å². The van der Waals surface area contributed by atoms with E-state index in [2.05, 4.69) is 4.99 Å². The molecule has 0 bridgehead atoms. The molecule has 2 aromatic carbocycles. The second kappa shape index (κ2) is 4.89. The summed E-state index contributed by atoms with van der Waals surface area (Å²) in [4.78, 5) is 15.9. The lowest BCUT2D eigenvalue weighted by Crippen LogP contribution is -2.16. The monoisotopic (exact) mass is 269 g/mol. The predicted molar refractivity (Wildman–Crippen MR) is 74.5 cm³/mol. The van der Waals surface area contributed by atoms with Crippen molar-refractivity contribution in [3.63, 3.8) is 0 Å². The molecule has 3 rings (SSSR count). The lowest BCUT2D eigenvalue weighted by Gasteiger charge is -2.17. The first-order valence-corrected chi connectivity index (χ1v) is 6.25. The summed E-state index contributed by atoms with van der Waals surface area (Å²) in [5.74, 6) is 0.101. The fourth-order valence-corrected chi connectivity index (χ4v) is 2.09. The Balaban J connectivity index is 2.01. The molecule has 0 unspecified atom stereocenters. The van der Waals surface area contributed by atoms with E-state index in [1.54, 1.807) is 18.2 Å². The molecule has 3 nitrogen and oxygen atoms in total. The van der Waals surface area contributed by atoms with E-state index in [4.69, 9.17) is 4.74 Å². The maximum absolute atomic E-state index is 13.1. The van der Waals surface area contributed by atoms with Gasteiger partial charge in [-0.05, 0) is 25.1 Å². The van der Waals surface area contributed by atoms with E-state index < -0.39 is 0 Å². The number of Topliss-reactive ketones (excluding diaryl/α,β-unsaturated/α-hetero) is 1. The van der Waals surface area contributed by atoms with Gasteiger partial charge < -0.3 is 4.74 Å². The van der Waals surface area contributed by atoms with Gasteiger partial charge in [-0.15, -0.1) is 0 Å². The number of halogens is 1. The van der Waals surface area contributed by atoms with Crippen molar-refractivity contribution >= 4 is 17.2 Å². The van der Waals surface area contributed by atoms with Crippen LogP contribution >= 0.6 is 0 Å². The van der Waals surface area contributed by atoms with E-state index >= 15 is 0 Å². The molecule has 0 saturated carbocycles. The molecule has 100 valence electrons. The summed E-state index contributed by atoms with van der Waals surface area (Å²) >= 11 is 0. The zero-order chi connectivity index (χ0) is 14.1. The number of nitrogens with zero attached hydrogens (tertiary/aromatic N) is 1. The Morgan fingerprint density at radius 2 is 2.10 bits per heavy atom. The quantitative estimate of drug-likeness (QED) is 0.782. The van der Waals surface area contributed by atoms with E-state index in [9.17, 15) is 9.18 Å². The second-order valence-electron chi connectivity index (χ2n) is 4.60. The van der Waals surface area contributed by atoms with Crippen molar-refractivity contribution in [2.45, 2.75) is 6.92 Å². The molecule has 0 aromatic heterocycles. The number of fused-ring (bicyclic) bond motifs is 1. The average Bonchev–Trinajstić information content (AvgIpc) is 2.47. The van der Waals surface area contributed by atoms with Gasteiger partial charge in [0.1, 0.15) is 23.9 Å². The third-order valence-corrected chi connectivity index (χ3v) is 3.14. The summed E-state index contributed by atoms with van der Waals surface area (Å²) < 4.78 is 18.6. The Hall–Kier alpha value is -2.49. The van der Waals surface area contributed by atoms with E-state index in [0.717, 1.165) is 11.3 Å². The van der Waals surface area contributed by atoms with Crippen LogP contribution in [0.15, 0.2) is 47.5 Å². The molecule has 0 aliphatic carbocycles. The van der Waals surface area contributed by atoms with Crippen LogP contribution in [0.5, 0.6) is 5.75 Å². The first-order valence-electron chi connectivity index (χ1n) is 6.25. The molecule has 0 amide bonds. The first-order chi connectivity index (χ1) is 9.63. The largest absolute Gasteiger partial charge is 0.485 e. The molecule has 0 N–H and O–H groups in total. The van der Waals surface area contributed by atoms with Gasteiger partial charge in [-0.2, -0.15) is 0 Å². The molecule has 2 aromatic rings. The van der Waals surface area contributed by atoms with Gasteiger partial charge in [-0.1, -0.05) is 18.2 Å². The summed E-state index contributed by atoms with van der Waals surface area (Å²) in [6, 6.07) is 11.5. The number of ketones is 1. The number of rotatable bonds is 2. The van der Waals surface area contributed by atoms with Crippen LogP contribution in [0.1, 0.15) is 22.8 Å². The fraction of sp³-hybridized carbons (Fsp3) is 0.125. The third kappa shape index (κ3) is 2.32. The highest BCUT2D eigenvalue weighted by molar-refractivity contribution is 6.06. The molecular weight excluding hydrogens is 257 g/mol. The van der Waals surface area contributed by atoms with Crippen molar-refractivity contribution in [3.8, 4) is 5.75 Å². The number of hydrogen-bond donors (Lipinski definition) is 0. The van der Waals surface area contributed by atoms with E-state index in [1.807, 2.05) is 12.1 Å². The van der Waals surface area contributed by atoms with Crippen LogP contribution in [0.2, 0.25) is 0 Å². The third-order valence-electron chi connectivity index (χ3n) is 3.14. The highest BCUT2D eigenvalue weighted by atomic mass is 19.1. The molecular formula is C16H12FNO2. The van der Waals surface area contributed by atoms with Gasteiger partial charge in [0.2, 0.25) is 0 Å². The van der Waals surface area contributed by atoms with E-state index in [-0.39, 0.29) is 18.2 Å². The minimum absolute atomic E-state index is 0.00616. The first kappa shape index (κ1) is 12.5. The molecule has 0 fully saturated rings. The minimum Gasteiger partial charge on any atom is -0.485 e. The van der Waals surface area contributed by atoms with Gasteiger partial charge in [0.05, 0.1) is 5.71 Å². The molecule has 4 heteroatoms. The van der Waals surface area contributed by atoms with Crippen LogP contribution in [0.25, 0.3) is 0 Å². The summed E-state index contributed by atoms with van der Waals surface area (Å²) in [6.07, 6.45) is 0. The van der Waals surface area contributed by atoms with E-state index in [1.165, 1.54) is 19.1 Å². The number of hydrogen-bond acceptors (Lipinski definition) is 3. The summed E-state index contributed by atoms with van der Waals surface area (Å²) in [6.45, 7) is 1.79. The number of carbonyl (C=O) groups is 1. The standard InChI is InChI=1S/C16H12FNO2/c1-10(19)11-3-2-4-12(7-11)15-9-20-16-8-13(17)5-6-14(16)18-15/h2-8H,9H2,1H3. The van der Waals surface area contributed by atoms with Crippen molar-refractivity contribution in [2.75, 3.05) is 6.61 Å². The van der Waals surface area contributed by atoms with Crippen LogP contribution in [-0.2, 0) is 0 Å². The van der Waals surface area contributed by atoms with Gasteiger partial charge in [0, 0.05) is 17.2 Å². The number of carbonyl (C=O) groups excluding carboxylic acids is 1. The fourth-order valence-electron chi connectivity index (χ4n) is 2.09. The summed E-state index contributed by atoms with van der Waals surface area (Å²) in [5.41, 5.74) is 2.80. The molecule has 0 atom stereocenters. The SMILES string of the molecule is CC(=O)c1cccc(C2=Nc3ccc(F)cc3OC2)c1. The zero-order valence-electron chi connectivity index (χ0n) is 10.9. The van der Waals surface area contributed by atoms with Crippen molar-refractivity contribution < 1.29 is 13.9 Å². The minimum atomic E-state index is -0.346. The topological polar surface area (TPSA) is 38.7 Å². The summed E-state index contributed by atoms with van der Waals surface area (Å²) in [7, 11) is 0. The van der Waals surface area contributed by atoms with Gasteiger partial charge >= 0.3 is 0 Å². The van der Waals surface area contributed by atoms with Gasteiger partial charge in [-0.25, -0.2) is 9.38 Å². The molecule has 1 heterocycles. The molecule has 0 radical (unpaired) electrons. The lowest BCUT2D eigenvalue weighted by molar-refractivity contribution is 0.101. The Kier molecular flexibility index (Phi) is 3.06. The maximum atomic E-state index is 13.1. The van der Waals surface area contributed by atoms with Crippen molar-refractivity contribution in [3.05, 3.63) is 59.4 Å². The van der Waals surface area contributed by atoms with Crippen LogP contribution < -0.4 is 4.74 Å². The molecule has 1 aliphatic rings. The van der Waals surface area contributed by atoms with Crippen molar-refractivity contribution in [1.82, 2.24) is 0 Å². The Morgan fingerprint density at radius 1 is 1.25 bits per heavy atom. The smallest absolute Gasteiger partial charge is 0.159 e. The Labute approximate surface area is 115 Å². The highest BCUT2D eigenvalue weighted by Gasteiger charge is 2.15. The second-order valence-corrected chi connectivity index (χ2v) is 4.60. The van der Waals surface area contributed by atoms with Crippen molar-refractivity contribution in [1.29, 1.82) is 0 Å². The van der Waals surface area contributed by atoms with Gasteiger partial charge in [-0.3, -0.25) is 4.79 Å². The van der Waals surface area contributed by atoms with Crippen LogP contribution in [-0.4, -0.2) is 18.1 Å². The van der Waals surface area contributed by atoms with Crippen LogP contribution in [0.3, 0.4) is 0 Å². The highest BCUT2D eigenvalue weighted by Crippen LogP contribution is 2.32. The molecule has 1 aliphatic heterocycles. The molecule has 0 saturated heterocycles. The number of aliphatic imine (C=N–C) groups is 1. The van der Waals surface area contributed by atoms with Crippen LogP contribution in [0.4, 0.5) is 10.1 Å². The Morgan fingerprint density at radius 3 is 2.90 bits per heavy atom. The predicted octanol–water partition coefficient (Wildman–Crippen LogP) is 3.54. The molecule has 20 heavy (non-hydrogen) atoms. The zero-order valence-corrected chi connectivity index (χ0v) is 10.9. The van der Waals surface area contributed by atoms with E-state index in [0.29, 0.717) is 17.0 Å². The molecule has 0 spiro atoms. The Bertz CT molecular complexity index is 722. The summed E-state index contributed by atoms with van der Waals surface area (Å²) in [5, 5.41) is 0. The number of ether oxygens (including phenoxy) is 1. The average molecular weight is 269 g/mol. The van der Waals surface area contributed by atoms with Gasteiger partial charge in [0.25, 0.3) is 0 Å².